The Morgan fingerprint density at radius 3 is 2.50 bits per heavy atom. The summed E-state index contributed by atoms with van der Waals surface area (Å²) >= 11 is 0. The van der Waals surface area contributed by atoms with Crippen molar-refractivity contribution in [2.45, 2.75) is 64.5 Å². The largest absolute Gasteiger partial charge is 0.329 e. The summed E-state index contributed by atoms with van der Waals surface area (Å²) in [7, 11) is 4.39. The molecule has 1 saturated heterocycles. The van der Waals surface area contributed by atoms with Crippen LogP contribution in [0.3, 0.4) is 0 Å². The van der Waals surface area contributed by atoms with Crippen molar-refractivity contribution in [3.8, 4) is 0 Å². The first-order valence-corrected chi connectivity index (χ1v) is 8.40. The molecule has 3 nitrogen and oxygen atoms in total. The van der Waals surface area contributed by atoms with E-state index in [1.165, 1.54) is 45.2 Å². The molecule has 0 spiro atoms. The summed E-state index contributed by atoms with van der Waals surface area (Å²) in [5.74, 6) is 0.794. The van der Waals surface area contributed by atoms with Crippen molar-refractivity contribution in [3.63, 3.8) is 0 Å². The zero-order valence-electron chi connectivity index (χ0n) is 14.3. The Hall–Kier alpha value is -0.120. The van der Waals surface area contributed by atoms with E-state index in [2.05, 4.69) is 44.7 Å². The zero-order chi connectivity index (χ0) is 15.0. The van der Waals surface area contributed by atoms with Gasteiger partial charge in [-0.25, -0.2) is 0 Å². The van der Waals surface area contributed by atoms with Crippen molar-refractivity contribution < 1.29 is 0 Å². The summed E-state index contributed by atoms with van der Waals surface area (Å²) in [4.78, 5) is 5.13. The van der Waals surface area contributed by atoms with Crippen LogP contribution < -0.4 is 5.73 Å². The molecule has 3 atom stereocenters. The highest BCUT2D eigenvalue weighted by atomic mass is 15.3. The molecule has 1 aliphatic heterocycles. The highest BCUT2D eigenvalue weighted by Crippen LogP contribution is 2.48. The van der Waals surface area contributed by atoms with Crippen molar-refractivity contribution in [1.82, 2.24) is 9.80 Å². The molecule has 2 fully saturated rings. The van der Waals surface area contributed by atoms with Crippen molar-refractivity contribution in [2.24, 2.45) is 17.1 Å². The number of likely N-dealkylation sites (N-methyl/N-ethyl adjacent to an activating group) is 1. The maximum atomic E-state index is 6.34. The molecule has 3 heteroatoms. The van der Waals surface area contributed by atoms with Crippen molar-refractivity contribution >= 4 is 0 Å². The van der Waals surface area contributed by atoms with Gasteiger partial charge in [0.05, 0.1) is 0 Å². The van der Waals surface area contributed by atoms with E-state index in [1.807, 2.05) is 0 Å². The van der Waals surface area contributed by atoms with Crippen molar-refractivity contribution in [3.05, 3.63) is 0 Å². The third kappa shape index (κ3) is 3.37. The summed E-state index contributed by atoms with van der Waals surface area (Å²) in [6.45, 7) is 10.5. The molecule has 2 rings (SSSR count). The molecule has 0 aromatic rings. The van der Waals surface area contributed by atoms with E-state index in [0.717, 1.165) is 12.5 Å². The molecule has 0 aromatic carbocycles. The second-order valence-electron chi connectivity index (χ2n) is 8.53. The number of hydrogen-bond donors (Lipinski definition) is 1. The summed E-state index contributed by atoms with van der Waals surface area (Å²) in [5, 5.41) is 0. The van der Waals surface area contributed by atoms with Gasteiger partial charge in [-0.15, -0.1) is 0 Å². The average Bonchev–Trinajstić information content (AvgIpc) is 2.73. The smallest absolute Gasteiger partial charge is 0.0342 e. The highest BCUT2D eigenvalue weighted by molar-refractivity contribution is 5.04. The summed E-state index contributed by atoms with van der Waals surface area (Å²) in [5.41, 5.74) is 7.02. The van der Waals surface area contributed by atoms with Gasteiger partial charge in [0.2, 0.25) is 0 Å². The van der Waals surface area contributed by atoms with Crippen LogP contribution in [0.2, 0.25) is 0 Å². The third-order valence-corrected chi connectivity index (χ3v) is 5.38. The molecule has 0 radical (unpaired) electrons. The van der Waals surface area contributed by atoms with E-state index < -0.39 is 0 Å². The summed E-state index contributed by atoms with van der Waals surface area (Å²) in [6, 6.07) is 0.703. The lowest BCUT2D eigenvalue weighted by molar-refractivity contribution is -0.0231. The lowest BCUT2D eigenvalue weighted by Gasteiger charge is -2.54. The van der Waals surface area contributed by atoms with Crippen molar-refractivity contribution in [1.29, 1.82) is 0 Å². The Morgan fingerprint density at radius 2 is 1.95 bits per heavy atom. The topological polar surface area (TPSA) is 32.5 Å². The Balaban J connectivity index is 2.20. The first-order chi connectivity index (χ1) is 9.28. The molecule has 1 heterocycles. The van der Waals surface area contributed by atoms with Crippen LogP contribution in [0.5, 0.6) is 0 Å². The second-order valence-corrected chi connectivity index (χ2v) is 8.53. The first kappa shape index (κ1) is 16.3. The summed E-state index contributed by atoms with van der Waals surface area (Å²) in [6.07, 6.45) is 6.59. The predicted molar refractivity (Wildman–Crippen MR) is 86.9 cm³/mol. The molecule has 0 bridgehead atoms. The fourth-order valence-electron chi connectivity index (χ4n) is 5.26. The van der Waals surface area contributed by atoms with E-state index in [-0.39, 0.29) is 5.54 Å². The lowest BCUT2D eigenvalue weighted by Crippen LogP contribution is -2.61. The van der Waals surface area contributed by atoms with Crippen LogP contribution in [0.25, 0.3) is 0 Å². The standard InChI is InChI=1S/C17H35N3/c1-14-9-16(2,3)12-17(10-14,13-18)20-8-6-7-15(20)11-19(4)5/h14-15H,6-13,18H2,1-5H3. The zero-order valence-corrected chi connectivity index (χ0v) is 14.3. The molecule has 0 amide bonds. The van der Waals surface area contributed by atoms with Gasteiger partial charge in [-0.3, -0.25) is 4.90 Å². The average molecular weight is 281 g/mol. The number of likely N-dealkylation sites (tertiary alicyclic amines) is 1. The molecule has 2 N–H and O–H groups in total. The number of hydrogen-bond acceptors (Lipinski definition) is 3. The molecule has 1 aliphatic carbocycles. The maximum absolute atomic E-state index is 6.34. The molecule has 3 unspecified atom stereocenters. The minimum Gasteiger partial charge on any atom is -0.329 e. The van der Waals surface area contributed by atoms with Gasteiger partial charge in [0.15, 0.2) is 0 Å². The van der Waals surface area contributed by atoms with E-state index >= 15 is 0 Å². The van der Waals surface area contributed by atoms with Crippen LogP contribution in [-0.2, 0) is 0 Å². The molecular formula is C17H35N3. The Labute approximate surface area is 125 Å². The fraction of sp³-hybridized carbons (Fsp3) is 1.00. The van der Waals surface area contributed by atoms with Crippen LogP contribution in [0.1, 0.15) is 52.9 Å². The van der Waals surface area contributed by atoms with Gasteiger partial charge in [0.1, 0.15) is 0 Å². The quantitative estimate of drug-likeness (QED) is 0.859. The van der Waals surface area contributed by atoms with Gasteiger partial charge in [0.25, 0.3) is 0 Å². The molecule has 0 aromatic heterocycles. The molecule has 1 saturated carbocycles. The minimum atomic E-state index is 0.248. The van der Waals surface area contributed by atoms with Gasteiger partial charge in [0, 0.05) is 24.7 Å². The lowest BCUT2D eigenvalue weighted by atomic mass is 9.63. The van der Waals surface area contributed by atoms with E-state index in [1.54, 1.807) is 0 Å². The van der Waals surface area contributed by atoms with Gasteiger partial charge in [-0.05, 0) is 64.1 Å². The Kier molecular flexibility index (Phi) is 4.83. The maximum Gasteiger partial charge on any atom is 0.0342 e. The number of rotatable bonds is 4. The van der Waals surface area contributed by atoms with Crippen LogP contribution in [-0.4, -0.2) is 55.1 Å². The highest BCUT2D eigenvalue weighted by Gasteiger charge is 2.48. The normalized spacial score (nSPS) is 38.5. The van der Waals surface area contributed by atoms with Crippen molar-refractivity contribution in [2.75, 3.05) is 33.7 Å². The second kappa shape index (κ2) is 5.94. The van der Waals surface area contributed by atoms with Crippen LogP contribution in [0, 0.1) is 11.3 Å². The minimum absolute atomic E-state index is 0.248. The van der Waals surface area contributed by atoms with Gasteiger partial charge in [-0.2, -0.15) is 0 Å². The summed E-state index contributed by atoms with van der Waals surface area (Å²) < 4.78 is 0. The number of nitrogens with two attached hydrogens (primary N) is 1. The molecular weight excluding hydrogens is 246 g/mol. The van der Waals surface area contributed by atoms with Gasteiger partial charge >= 0.3 is 0 Å². The number of nitrogens with zero attached hydrogens (tertiary/aromatic N) is 2. The van der Waals surface area contributed by atoms with E-state index in [9.17, 15) is 0 Å². The first-order valence-electron chi connectivity index (χ1n) is 8.40. The van der Waals surface area contributed by atoms with E-state index in [4.69, 9.17) is 5.73 Å². The SMILES string of the molecule is CC1CC(C)(C)CC(CN)(N2CCCC2CN(C)C)C1. The fourth-order valence-corrected chi connectivity index (χ4v) is 5.26. The Morgan fingerprint density at radius 1 is 1.25 bits per heavy atom. The third-order valence-electron chi connectivity index (χ3n) is 5.38. The molecule has 2 aliphatic rings. The predicted octanol–water partition coefficient (Wildman–Crippen LogP) is 2.56. The van der Waals surface area contributed by atoms with Crippen LogP contribution in [0.4, 0.5) is 0 Å². The Bertz CT molecular complexity index is 326. The van der Waals surface area contributed by atoms with E-state index in [0.29, 0.717) is 11.5 Å². The van der Waals surface area contributed by atoms with Gasteiger partial charge in [-0.1, -0.05) is 20.8 Å². The van der Waals surface area contributed by atoms with Crippen LogP contribution in [0.15, 0.2) is 0 Å². The monoisotopic (exact) mass is 281 g/mol. The molecule has 20 heavy (non-hydrogen) atoms. The van der Waals surface area contributed by atoms with Crippen LogP contribution >= 0.6 is 0 Å². The van der Waals surface area contributed by atoms with Gasteiger partial charge < -0.3 is 10.6 Å². The molecule has 118 valence electrons.